The van der Waals surface area contributed by atoms with Crippen LogP contribution >= 0.6 is 10.0 Å². The third-order valence-corrected chi connectivity index (χ3v) is 11.7. The maximum absolute atomic E-state index is 2.49. The van der Waals surface area contributed by atoms with Crippen LogP contribution in [0.5, 0.6) is 0 Å². The van der Waals surface area contributed by atoms with E-state index in [-0.39, 0.29) is 0 Å². The average Bonchev–Trinajstić information content (AvgIpc) is 3.51. The van der Waals surface area contributed by atoms with Gasteiger partial charge in [-0.25, -0.2) is 0 Å². The van der Waals surface area contributed by atoms with Gasteiger partial charge in [-0.15, -0.1) is 10.0 Å². The average molecular weight is 504 g/mol. The number of rotatable bonds is 4. The van der Waals surface area contributed by atoms with Gasteiger partial charge >= 0.3 is 0 Å². The molecule has 2 heterocycles. The number of hydrogen-bond donors (Lipinski definition) is 0. The smallest absolute Gasteiger partial charge is 0.0621 e. The van der Waals surface area contributed by atoms with Gasteiger partial charge in [0.2, 0.25) is 0 Å². The van der Waals surface area contributed by atoms with Crippen molar-refractivity contribution in [1.82, 2.24) is 4.40 Å². The lowest BCUT2D eigenvalue weighted by Crippen LogP contribution is -2.05. The molecule has 0 saturated heterocycles. The van der Waals surface area contributed by atoms with Crippen molar-refractivity contribution in [3.05, 3.63) is 152 Å². The van der Waals surface area contributed by atoms with Gasteiger partial charge in [-0.1, -0.05) is 91.0 Å². The number of para-hydroxylation sites is 2. The van der Waals surface area contributed by atoms with Crippen LogP contribution in [0, 0.1) is 0 Å². The van der Waals surface area contributed by atoms with Crippen molar-refractivity contribution in [3.8, 4) is 0 Å². The van der Waals surface area contributed by atoms with E-state index < -0.39 is 10.0 Å². The molecule has 0 radical (unpaired) electrons. The highest BCUT2D eigenvalue weighted by atomic mass is 32.3. The molecule has 0 spiro atoms. The summed E-state index contributed by atoms with van der Waals surface area (Å²) in [6.07, 6.45) is 0. The van der Waals surface area contributed by atoms with E-state index in [9.17, 15) is 0 Å². The molecule has 0 amide bonds. The number of fused-ring (bicyclic) bond motifs is 6. The molecule has 0 unspecified atom stereocenters. The summed E-state index contributed by atoms with van der Waals surface area (Å²) in [4.78, 5) is 5.40. The topological polar surface area (TPSA) is 4.41 Å². The number of benzene rings is 6. The zero-order chi connectivity index (χ0) is 25.1. The Morgan fingerprint density at radius 3 is 1.13 bits per heavy atom. The largest absolute Gasteiger partial charge is 0.308 e. The van der Waals surface area contributed by atoms with Crippen LogP contribution in [-0.2, 0) is 0 Å². The predicted molar refractivity (Wildman–Crippen MR) is 161 cm³/mol. The Labute approximate surface area is 223 Å². The summed E-state index contributed by atoms with van der Waals surface area (Å²) in [5.74, 6) is 0. The third-order valence-electron chi connectivity index (χ3n) is 7.82. The van der Waals surface area contributed by atoms with E-state index in [1.807, 2.05) is 0 Å². The molecule has 1 nitrogen and oxygen atoms in total. The summed E-state index contributed by atoms with van der Waals surface area (Å²) in [5.41, 5.74) is 3.86. The molecule has 2 aromatic heterocycles. The highest BCUT2D eigenvalue weighted by Gasteiger charge is 2.34. The Hall–Kier alpha value is -4.53. The van der Waals surface area contributed by atoms with Crippen molar-refractivity contribution in [3.63, 3.8) is 0 Å². The molecule has 8 rings (SSSR count). The van der Waals surface area contributed by atoms with Crippen LogP contribution < -0.4 is 0 Å². The maximum atomic E-state index is 2.49. The van der Waals surface area contributed by atoms with Crippen molar-refractivity contribution >= 4 is 48.1 Å². The van der Waals surface area contributed by atoms with Gasteiger partial charge in [0, 0.05) is 41.1 Å². The normalized spacial score (nSPS) is 12.6. The Kier molecular flexibility index (Phi) is 4.67. The van der Waals surface area contributed by atoms with Crippen molar-refractivity contribution in [2.75, 3.05) is 0 Å². The van der Waals surface area contributed by atoms with Crippen LogP contribution in [0.4, 0.5) is 0 Å². The Morgan fingerprint density at radius 2 is 0.711 bits per heavy atom. The molecule has 0 atom stereocenters. The van der Waals surface area contributed by atoms with Gasteiger partial charge < -0.3 is 4.40 Å². The molecule has 0 aliphatic rings. The summed E-state index contributed by atoms with van der Waals surface area (Å²) in [7, 11) is -1.77. The summed E-state index contributed by atoms with van der Waals surface area (Å²) in [6, 6.07) is 56.0. The Bertz CT molecular complexity index is 1880. The van der Waals surface area contributed by atoms with E-state index in [1.54, 1.807) is 0 Å². The Morgan fingerprint density at radius 1 is 0.342 bits per heavy atom. The predicted octanol–water partition coefficient (Wildman–Crippen LogP) is 10.2. The first-order chi connectivity index (χ1) is 18.9. The van der Waals surface area contributed by atoms with Crippen molar-refractivity contribution in [2.24, 2.45) is 0 Å². The minimum absolute atomic E-state index is 1.27. The fraction of sp³-hybridized carbons (Fsp3) is 0. The second kappa shape index (κ2) is 8.24. The van der Waals surface area contributed by atoms with Crippen LogP contribution in [0.3, 0.4) is 0 Å². The van der Waals surface area contributed by atoms with Crippen molar-refractivity contribution in [2.45, 2.75) is 19.6 Å². The minimum atomic E-state index is -1.77. The molecule has 0 aliphatic carbocycles. The second-order valence-corrected chi connectivity index (χ2v) is 12.9. The highest BCUT2D eigenvalue weighted by molar-refractivity contribution is 8.34. The minimum Gasteiger partial charge on any atom is -0.308 e. The first kappa shape index (κ1) is 21.5. The molecular weight excluding hydrogens is 478 g/mol. The van der Waals surface area contributed by atoms with Crippen LogP contribution in [0.2, 0.25) is 0 Å². The molecule has 0 aliphatic heterocycles. The monoisotopic (exact) mass is 503 g/mol. The zero-order valence-electron chi connectivity index (χ0n) is 20.8. The van der Waals surface area contributed by atoms with E-state index in [2.05, 4.69) is 156 Å². The van der Waals surface area contributed by atoms with Crippen LogP contribution in [0.15, 0.2) is 171 Å². The summed E-state index contributed by atoms with van der Waals surface area (Å²) < 4.78 is 2.46. The van der Waals surface area contributed by atoms with Gasteiger partial charge in [-0.05, 0) is 60.7 Å². The number of hydrogen-bond acceptors (Lipinski definition) is 0. The lowest BCUT2D eigenvalue weighted by molar-refractivity contribution is 1.25. The molecule has 6 aromatic carbocycles. The van der Waals surface area contributed by atoms with Gasteiger partial charge in [0.25, 0.3) is 0 Å². The van der Waals surface area contributed by atoms with E-state index >= 15 is 0 Å². The molecular formula is C36H25NS. The van der Waals surface area contributed by atoms with E-state index in [1.165, 1.54) is 57.7 Å². The van der Waals surface area contributed by atoms with Gasteiger partial charge in [0.1, 0.15) is 0 Å². The van der Waals surface area contributed by atoms with Gasteiger partial charge in [0.15, 0.2) is 0 Å². The van der Waals surface area contributed by atoms with Crippen LogP contribution in [-0.4, -0.2) is 4.40 Å². The number of aromatic nitrogens is 1. The van der Waals surface area contributed by atoms with Crippen molar-refractivity contribution in [1.29, 1.82) is 0 Å². The highest BCUT2D eigenvalue weighted by Crippen LogP contribution is 2.74. The first-order valence-electron chi connectivity index (χ1n) is 13.0. The molecule has 0 saturated carbocycles. The maximum Gasteiger partial charge on any atom is 0.0621 e. The quantitative estimate of drug-likeness (QED) is 0.225. The second-order valence-electron chi connectivity index (χ2n) is 9.79. The van der Waals surface area contributed by atoms with E-state index in [0.29, 0.717) is 0 Å². The summed E-state index contributed by atoms with van der Waals surface area (Å²) in [6.45, 7) is 0. The molecule has 38 heavy (non-hydrogen) atoms. The lowest BCUT2D eigenvalue weighted by Gasteiger charge is -2.42. The molecule has 0 bridgehead atoms. The van der Waals surface area contributed by atoms with E-state index in [4.69, 9.17) is 0 Å². The summed E-state index contributed by atoms with van der Waals surface area (Å²) in [5, 5.41) is 5.26. The van der Waals surface area contributed by atoms with Gasteiger partial charge in [-0.3, -0.25) is 0 Å². The molecule has 2 heteroatoms. The van der Waals surface area contributed by atoms with Crippen molar-refractivity contribution < 1.29 is 0 Å². The first-order valence-corrected chi connectivity index (χ1v) is 14.7. The fourth-order valence-corrected chi connectivity index (χ4v) is 10.2. The third kappa shape index (κ3) is 2.84. The molecule has 0 N–H and O–H groups in total. The molecule has 0 fully saturated rings. The number of nitrogens with zero attached hydrogens (tertiary/aromatic N) is 1. The Balaban J connectivity index is 1.62. The lowest BCUT2D eigenvalue weighted by atomic mass is 10.1. The van der Waals surface area contributed by atoms with E-state index in [0.717, 1.165) is 0 Å². The SMILES string of the molecule is c1ccc(S(c2ccccc2)(c2ccccc2)c2cc3c4ccccc4n4c5ccccc5c(c2)c34)cc1. The van der Waals surface area contributed by atoms with Gasteiger partial charge in [0.05, 0.1) is 16.6 Å². The van der Waals surface area contributed by atoms with Gasteiger partial charge in [-0.2, -0.15) is 0 Å². The van der Waals surface area contributed by atoms with Crippen LogP contribution in [0.1, 0.15) is 0 Å². The zero-order valence-corrected chi connectivity index (χ0v) is 21.6. The van der Waals surface area contributed by atoms with Crippen LogP contribution in [0.25, 0.3) is 38.1 Å². The summed E-state index contributed by atoms with van der Waals surface area (Å²) >= 11 is 0. The molecule has 8 aromatic rings. The standard InChI is InChI=1S/C36H25NS/c1-4-14-26(15-5-1)38(27-16-6-2-7-17-27,28-18-8-3-9-19-28)29-24-32-30-20-10-12-22-34(30)37-35-23-13-11-21-31(35)33(25-29)36(32)37/h1-25H. The molecule has 180 valence electrons. The fourth-order valence-electron chi connectivity index (χ4n) is 6.29.